The number of amides is 2. The summed E-state index contributed by atoms with van der Waals surface area (Å²) in [6.45, 7) is 7.95. The van der Waals surface area contributed by atoms with Crippen molar-refractivity contribution in [1.82, 2.24) is 15.1 Å². The Balaban J connectivity index is 1.68. The predicted octanol–water partition coefficient (Wildman–Crippen LogP) is 0.354. The first kappa shape index (κ1) is 16.0. The number of urea groups is 1. The molecule has 0 bridgehead atoms. The van der Waals surface area contributed by atoms with Crippen molar-refractivity contribution < 1.29 is 19.4 Å². The number of rotatable bonds is 4. The van der Waals surface area contributed by atoms with Crippen molar-refractivity contribution in [3.8, 4) is 0 Å². The van der Waals surface area contributed by atoms with Gasteiger partial charge in [0.1, 0.15) is 0 Å². The van der Waals surface area contributed by atoms with E-state index in [2.05, 4.69) is 24.1 Å². The Morgan fingerprint density at radius 1 is 1.24 bits per heavy atom. The summed E-state index contributed by atoms with van der Waals surface area (Å²) >= 11 is 0. The Morgan fingerprint density at radius 3 is 2.43 bits per heavy atom. The van der Waals surface area contributed by atoms with E-state index in [0.29, 0.717) is 25.4 Å². The summed E-state index contributed by atoms with van der Waals surface area (Å²) in [4.78, 5) is 27.0. The van der Waals surface area contributed by atoms with Crippen LogP contribution in [0.3, 0.4) is 0 Å². The van der Waals surface area contributed by atoms with Gasteiger partial charge in [-0.15, -0.1) is 0 Å². The van der Waals surface area contributed by atoms with E-state index in [1.807, 2.05) is 4.90 Å². The number of carboxylic acid groups (broad SMARTS) is 1. The van der Waals surface area contributed by atoms with Gasteiger partial charge in [-0.3, -0.25) is 4.90 Å². The fraction of sp³-hybridized carbons (Fsp3) is 0.857. The van der Waals surface area contributed by atoms with Crippen LogP contribution in [-0.4, -0.2) is 77.9 Å². The second kappa shape index (κ2) is 7.09. The van der Waals surface area contributed by atoms with Gasteiger partial charge in [0.25, 0.3) is 0 Å². The molecule has 2 amide bonds. The van der Waals surface area contributed by atoms with Crippen LogP contribution < -0.4 is 5.32 Å². The molecule has 120 valence electrons. The number of hydrogen-bond acceptors (Lipinski definition) is 4. The molecule has 2 N–H and O–H groups in total. The molecule has 2 fully saturated rings. The van der Waals surface area contributed by atoms with Crippen molar-refractivity contribution in [1.29, 1.82) is 0 Å². The van der Waals surface area contributed by atoms with Crippen LogP contribution in [0.4, 0.5) is 4.79 Å². The quantitative estimate of drug-likeness (QED) is 0.783. The first-order valence-electron chi connectivity index (χ1n) is 7.62. The van der Waals surface area contributed by atoms with Crippen LogP contribution in [0.15, 0.2) is 0 Å². The van der Waals surface area contributed by atoms with Gasteiger partial charge in [-0.05, 0) is 26.7 Å². The van der Waals surface area contributed by atoms with Gasteiger partial charge in [0, 0.05) is 38.8 Å². The molecule has 2 unspecified atom stereocenters. The van der Waals surface area contributed by atoms with Crippen molar-refractivity contribution in [2.24, 2.45) is 0 Å². The van der Waals surface area contributed by atoms with E-state index in [9.17, 15) is 9.59 Å². The summed E-state index contributed by atoms with van der Waals surface area (Å²) in [5.41, 5.74) is 0. The van der Waals surface area contributed by atoms with E-state index in [-0.39, 0.29) is 12.1 Å². The molecule has 2 aliphatic heterocycles. The predicted molar refractivity (Wildman–Crippen MR) is 77.2 cm³/mol. The standard InChI is InChI=1S/C14H25N3O4/c1-10(2)16-5-7-17(8-6-16)14(20)15-9-11-3-4-12(21-11)13(18)19/h10-12H,3-9H2,1-2H3,(H,15,20)(H,18,19). The van der Waals surface area contributed by atoms with Crippen molar-refractivity contribution >= 4 is 12.0 Å². The SMILES string of the molecule is CC(C)N1CCN(C(=O)NCC2CCC(C(=O)O)O2)CC1. The van der Waals surface area contributed by atoms with Crippen LogP contribution in [0.2, 0.25) is 0 Å². The molecule has 0 aliphatic carbocycles. The number of piperazine rings is 1. The summed E-state index contributed by atoms with van der Waals surface area (Å²) < 4.78 is 5.37. The normalized spacial score (nSPS) is 27.1. The summed E-state index contributed by atoms with van der Waals surface area (Å²) in [5, 5.41) is 11.7. The lowest BCUT2D eigenvalue weighted by Crippen LogP contribution is -2.53. The Hall–Kier alpha value is -1.34. The first-order valence-corrected chi connectivity index (χ1v) is 7.62. The monoisotopic (exact) mass is 299 g/mol. The summed E-state index contributed by atoms with van der Waals surface area (Å²) in [6, 6.07) is 0.427. The van der Waals surface area contributed by atoms with Crippen LogP contribution in [0.1, 0.15) is 26.7 Å². The lowest BCUT2D eigenvalue weighted by molar-refractivity contribution is -0.149. The second-order valence-electron chi connectivity index (χ2n) is 5.97. The van der Waals surface area contributed by atoms with Gasteiger partial charge in [-0.25, -0.2) is 9.59 Å². The van der Waals surface area contributed by atoms with Gasteiger partial charge in [-0.1, -0.05) is 0 Å². The molecular formula is C14H25N3O4. The highest BCUT2D eigenvalue weighted by molar-refractivity contribution is 5.74. The Labute approximate surface area is 125 Å². The fourth-order valence-corrected chi connectivity index (χ4v) is 2.79. The van der Waals surface area contributed by atoms with E-state index in [1.165, 1.54) is 0 Å². The molecule has 0 saturated carbocycles. The molecule has 7 nitrogen and oxygen atoms in total. The van der Waals surface area contributed by atoms with Crippen LogP contribution in [0, 0.1) is 0 Å². The zero-order chi connectivity index (χ0) is 15.4. The molecule has 2 rings (SSSR count). The number of aliphatic carboxylic acids is 1. The van der Waals surface area contributed by atoms with E-state index in [1.54, 1.807) is 0 Å². The summed E-state index contributed by atoms with van der Waals surface area (Å²) in [6.07, 6.45) is 0.287. The van der Waals surface area contributed by atoms with Crippen LogP contribution in [-0.2, 0) is 9.53 Å². The maximum Gasteiger partial charge on any atom is 0.332 e. The third-order valence-corrected chi connectivity index (χ3v) is 4.20. The molecule has 0 spiro atoms. The van der Waals surface area contributed by atoms with E-state index in [4.69, 9.17) is 9.84 Å². The van der Waals surface area contributed by atoms with Crippen LogP contribution >= 0.6 is 0 Å². The number of hydrogen-bond donors (Lipinski definition) is 2. The average molecular weight is 299 g/mol. The largest absolute Gasteiger partial charge is 0.479 e. The number of carboxylic acids is 1. The maximum absolute atomic E-state index is 12.1. The number of ether oxygens (including phenoxy) is 1. The van der Waals surface area contributed by atoms with Crippen molar-refractivity contribution in [3.05, 3.63) is 0 Å². The zero-order valence-corrected chi connectivity index (χ0v) is 12.7. The highest BCUT2D eigenvalue weighted by Gasteiger charge is 2.31. The van der Waals surface area contributed by atoms with Crippen LogP contribution in [0.25, 0.3) is 0 Å². The third kappa shape index (κ3) is 4.31. The third-order valence-electron chi connectivity index (χ3n) is 4.20. The Kier molecular flexibility index (Phi) is 5.41. The smallest absolute Gasteiger partial charge is 0.332 e. The number of nitrogens with one attached hydrogen (secondary N) is 1. The van der Waals surface area contributed by atoms with Gasteiger partial charge in [-0.2, -0.15) is 0 Å². The van der Waals surface area contributed by atoms with Gasteiger partial charge in [0.15, 0.2) is 6.10 Å². The lowest BCUT2D eigenvalue weighted by atomic mass is 10.2. The van der Waals surface area contributed by atoms with E-state index in [0.717, 1.165) is 26.2 Å². The zero-order valence-electron chi connectivity index (χ0n) is 12.7. The van der Waals surface area contributed by atoms with Gasteiger partial charge in [0.05, 0.1) is 6.10 Å². The van der Waals surface area contributed by atoms with Gasteiger partial charge < -0.3 is 20.1 Å². The molecule has 2 saturated heterocycles. The maximum atomic E-state index is 12.1. The van der Waals surface area contributed by atoms with Crippen molar-refractivity contribution in [2.45, 2.75) is 44.9 Å². The number of nitrogens with zero attached hydrogens (tertiary/aromatic N) is 2. The molecule has 0 aromatic rings. The van der Waals surface area contributed by atoms with Crippen molar-refractivity contribution in [2.75, 3.05) is 32.7 Å². The second-order valence-corrected chi connectivity index (χ2v) is 5.97. The molecule has 21 heavy (non-hydrogen) atoms. The minimum Gasteiger partial charge on any atom is -0.479 e. The fourth-order valence-electron chi connectivity index (χ4n) is 2.79. The highest BCUT2D eigenvalue weighted by Crippen LogP contribution is 2.19. The molecule has 0 aromatic carbocycles. The first-order chi connectivity index (χ1) is 9.97. The van der Waals surface area contributed by atoms with E-state index < -0.39 is 12.1 Å². The minimum absolute atomic E-state index is 0.0826. The topological polar surface area (TPSA) is 82.1 Å². The molecule has 2 atom stereocenters. The minimum atomic E-state index is -0.923. The molecule has 0 aromatic heterocycles. The average Bonchev–Trinajstić information content (AvgIpc) is 2.94. The molecule has 0 radical (unpaired) electrons. The summed E-state index contributed by atoms with van der Waals surface area (Å²) in [7, 11) is 0. The summed E-state index contributed by atoms with van der Waals surface area (Å²) in [5.74, 6) is -0.923. The molecule has 7 heteroatoms. The lowest BCUT2D eigenvalue weighted by Gasteiger charge is -2.36. The van der Waals surface area contributed by atoms with Crippen molar-refractivity contribution in [3.63, 3.8) is 0 Å². The molecular weight excluding hydrogens is 274 g/mol. The Bertz CT molecular complexity index is 380. The number of carbonyl (C=O) groups is 2. The van der Waals surface area contributed by atoms with Gasteiger partial charge >= 0.3 is 12.0 Å². The van der Waals surface area contributed by atoms with Gasteiger partial charge in [0.2, 0.25) is 0 Å². The van der Waals surface area contributed by atoms with Crippen LogP contribution in [0.5, 0.6) is 0 Å². The molecule has 2 aliphatic rings. The Morgan fingerprint density at radius 2 is 1.90 bits per heavy atom. The number of carbonyl (C=O) groups excluding carboxylic acids is 1. The van der Waals surface area contributed by atoms with E-state index >= 15 is 0 Å². The molecule has 2 heterocycles. The highest BCUT2D eigenvalue weighted by atomic mass is 16.5.